The zero-order valence-electron chi connectivity index (χ0n) is 19.4. The normalized spacial score (nSPS) is 22.0. The third-order valence-corrected chi connectivity index (χ3v) is 6.69. The highest BCUT2D eigenvalue weighted by Gasteiger charge is 2.42. The summed E-state index contributed by atoms with van der Waals surface area (Å²) < 4.78 is 14.4. The molecule has 2 aliphatic rings. The van der Waals surface area contributed by atoms with Gasteiger partial charge >= 0.3 is 0 Å². The number of anilines is 4. The molecule has 5 heterocycles. The standard InChI is InChI=1S/C24H30FN7O2/c1-24(2)14-32(13-18(25)21(24)34)23-26-6-4-19(30-23)29-20-10-16-15(5-9-33)11-28-22(17(16)12-27-20)31-7-3-8-31/h4,6,10-12,18,21,33-34H,3,5,7-9,13-14H2,1-2H3,(H,26,27,29,30). The van der Waals surface area contributed by atoms with Gasteiger partial charge in [0.25, 0.3) is 0 Å². The summed E-state index contributed by atoms with van der Waals surface area (Å²) in [7, 11) is 0. The van der Waals surface area contributed by atoms with Crippen LogP contribution in [0.4, 0.5) is 27.8 Å². The fourth-order valence-electron chi connectivity index (χ4n) is 4.65. The minimum absolute atomic E-state index is 0.0383. The molecule has 2 fully saturated rings. The highest BCUT2D eigenvalue weighted by molar-refractivity contribution is 5.95. The Labute approximate surface area is 197 Å². The first-order valence-corrected chi connectivity index (χ1v) is 11.7. The molecule has 0 aliphatic carbocycles. The summed E-state index contributed by atoms with van der Waals surface area (Å²) in [6.07, 6.45) is 4.54. The largest absolute Gasteiger partial charge is 0.396 e. The first-order chi connectivity index (χ1) is 16.4. The molecule has 34 heavy (non-hydrogen) atoms. The highest BCUT2D eigenvalue weighted by atomic mass is 19.1. The third-order valence-electron chi connectivity index (χ3n) is 6.69. The van der Waals surface area contributed by atoms with Crippen LogP contribution >= 0.6 is 0 Å². The van der Waals surface area contributed by atoms with Crippen molar-refractivity contribution < 1.29 is 14.6 Å². The molecule has 3 N–H and O–H groups in total. The molecule has 0 radical (unpaired) electrons. The fraction of sp³-hybridized carbons (Fsp3) is 0.500. The molecular formula is C24H30FN7O2. The van der Waals surface area contributed by atoms with Crippen LogP contribution in [0.3, 0.4) is 0 Å². The van der Waals surface area contributed by atoms with E-state index in [1.54, 1.807) is 17.2 Å². The first kappa shape index (κ1) is 22.7. The van der Waals surface area contributed by atoms with E-state index in [9.17, 15) is 14.6 Å². The lowest BCUT2D eigenvalue weighted by molar-refractivity contribution is -0.0257. The van der Waals surface area contributed by atoms with Crippen molar-refractivity contribution in [1.29, 1.82) is 0 Å². The zero-order valence-corrected chi connectivity index (χ0v) is 19.4. The number of pyridine rings is 2. The molecule has 0 amide bonds. The lowest BCUT2D eigenvalue weighted by Crippen LogP contribution is -2.55. The smallest absolute Gasteiger partial charge is 0.227 e. The highest BCUT2D eigenvalue weighted by Crippen LogP contribution is 2.34. The molecule has 10 heteroatoms. The van der Waals surface area contributed by atoms with Crippen LogP contribution in [0.5, 0.6) is 0 Å². The molecule has 2 saturated heterocycles. The topological polar surface area (TPSA) is 111 Å². The van der Waals surface area contributed by atoms with Crippen molar-refractivity contribution in [3.8, 4) is 0 Å². The van der Waals surface area contributed by atoms with Gasteiger partial charge in [0.05, 0.1) is 12.6 Å². The minimum Gasteiger partial charge on any atom is -0.396 e. The zero-order chi connectivity index (χ0) is 23.9. The van der Waals surface area contributed by atoms with Gasteiger partial charge in [-0.2, -0.15) is 4.98 Å². The molecule has 2 unspecified atom stereocenters. The van der Waals surface area contributed by atoms with Crippen molar-refractivity contribution in [3.63, 3.8) is 0 Å². The van der Waals surface area contributed by atoms with E-state index in [1.807, 2.05) is 32.3 Å². The number of rotatable bonds is 6. The van der Waals surface area contributed by atoms with Gasteiger partial charge in [0.15, 0.2) is 0 Å². The van der Waals surface area contributed by atoms with Gasteiger partial charge < -0.3 is 25.3 Å². The summed E-state index contributed by atoms with van der Waals surface area (Å²) >= 11 is 0. The van der Waals surface area contributed by atoms with Gasteiger partial charge in [-0.25, -0.2) is 19.3 Å². The number of fused-ring (bicyclic) bond motifs is 1. The Bertz CT molecular complexity index is 1190. The number of aliphatic hydroxyl groups is 2. The number of nitrogens with zero attached hydrogens (tertiary/aromatic N) is 6. The predicted molar refractivity (Wildman–Crippen MR) is 129 cm³/mol. The second-order valence-corrected chi connectivity index (χ2v) is 9.73. The van der Waals surface area contributed by atoms with Crippen LogP contribution in [0, 0.1) is 5.41 Å². The van der Waals surface area contributed by atoms with E-state index in [-0.39, 0.29) is 13.2 Å². The molecule has 2 aliphatic heterocycles. The molecule has 0 saturated carbocycles. The molecule has 5 rings (SSSR count). The Kier molecular flexibility index (Phi) is 5.95. The van der Waals surface area contributed by atoms with E-state index in [2.05, 4.69) is 30.2 Å². The van der Waals surface area contributed by atoms with Crippen molar-refractivity contribution in [3.05, 3.63) is 36.3 Å². The van der Waals surface area contributed by atoms with Gasteiger partial charge in [-0.1, -0.05) is 13.8 Å². The van der Waals surface area contributed by atoms with E-state index in [1.165, 1.54) is 0 Å². The number of alkyl halides is 1. The summed E-state index contributed by atoms with van der Waals surface area (Å²) in [4.78, 5) is 22.1. The third kappa shape index (κ3) is 4.23. The molecule has 3 aromatic rings. The summed E-state index contributed by atoms with van der Waals surface area (Å²) in [5.74, 6) is 2.47. The lowest BCUT2D eigenvalue weighted by Gasteiger charge is -2.43. The molecule has 0 aromatic carbocycles. The average Bonchev–Trinajstić information content (AvgIpc) is 2.78. The van der Waals surface area contributed by atoms with Gasteiger partial charge in [-0.05, 0) is 35.9 Å². The predicted octanol–water partition coefficient (Wildman–Crippen LogP) is 2.45. The van der Waals surface area contributed by atoms with Crippen LogP contribution in [-0.4, -0.2) is 75.2 Å². The van der Waals surface area contributed by atoms with Crippen LogP contribution in [0.1, 0.15) is 25.8 Å². The second-order valence-electron chi connectivity index (χ2n) is 9.73. The molecular weight excluding hydrogens is 437 g/mol. The summed E-state index contributed by atoms with van der Waals surface area (Å²) in [6, 6.07) is 3.68. The number of nitrogens with one attached hydrogen (secondary N) is 1. The van der Waals surface area contributed by atoms with Crippen molar-refractivity contribution in [1.82, 2.24) is 19.9 Å². The second kappa shape index (κ2) is 8.92. The average molecular weight is 468 g/mol. The Balaban J connectivity index is 1.43. The molecule has 2 atom stereocenters. The van der Waals surface area contributed by atoms with Gasteiger partial charge in [-0.3, -0.25) is 0 Å². The summed E-state index contributed by atoms with van der Waals surface area (Å²) in [5, 5.41) is 24.9. The van der Waals surface area contributed by atoms with Crippen LogP contribution in [0.2, 0.25) is 0 Å². The van der Waals surface area contributed by atoms with Crippen LogP contribution in [-0.2, 0) is 6.42 Å². The maximum Gasteiger partial charge on any atom is 0.227 e. The van der Waals surface area contributed by atoms with Crippen molar-refractivity contribution >= 4 is 34.2 Å². The van der Waals surface area contributed by atoms with Gasteiger partial charge in [-0.15, -0.1) is 0 Å². The summed E-state index contributed by atoms with van der Waals surface area (Å²) in [5.41, 5.74) is 0.342. The molecule has 9 nitrogen and oxygen atoms in total. The van der Waals surface area contributed by atoms with Crippen LogP contribution in [0.15, 0.2) is 30.7 Å². The lowest BCUT2D eigenvalue weighted by atomic mass is 9.80. The number of aromatic nitrogens is 4. The Hall–Kier alpha value is -3.11. The number of hydrogen-bond acceptors (Lipinski definition) is 9. The van der Waals surface area contributed by atoms with E-state index >= 15 is 0 Å². The molecule has 0 bridgehead atoms. The SMILES string of the molecule is CC1(C)CN(c2nccc(Nc3cc4c(CCO)cnc(N5CCC5)c4cn3)n2)CC(F)C1O. The maximum atomic E-state index is 14.4. The number of halogens is 1. The first-order valence-electron chi connectivity index (χ1n) is 11.7. The Morgan fingerprint density at radius 3 is 2.65 bits per heavy atom. The molecule has 0 spiro atoms. The van der Waals surface area contributed by atoms with Crippen LogP contribution < -0.4 is 15.1 Å². The van der Waals surface area contributed by atoms with E-state index in [0.29, 0.717) is 30.5 Å². The van der Waals surface area contributed by atoms with E-state index in [0.717, 1.165) is 41.7 Å². The van der Waals surface area contributed by atoms with Gasteiger partial charge in [0, 0.05) is 55.6 Å². The maximum absolute atomic E-state index is 14.4. The molecule has 180 valence electrons. The van der Waals surface area contributed by atoms with E-state index < -0.39 is 17.7 Å². The number of piperidine rings is 1. The number of hydrogen-bond donors (Lipinski definition) is 3. The van der Waals surface area contributed by atoms with Crippen molar-refractivity contribution in [2.24, 2.45) is 5.41 Å². The summed E-state index contributed by atoms with van der Waals surface area (Å²) in [6.45, 7) is 6.17. The van der Waals surface area contributed by atoms with E-state index in [4.69, 9.17) is 0 Å². The Morgan fingerprint density at radius 1 is 1.12 bits per heavy atom. The minimum atomic E-state index is -1.37. The van der Waals surface area contributed by atoms with Crippen molar-refractivity contribution in [2.45, 2.75) is 39.0 Å². The van der Waals surface area contributed by atoms with Crippen LogP contribution in [0.25, 0.3) is 10.8 Å². The van der Waals surface area contributed by atoms with Crippen molar-refractivity contribution in [2.75, 3.05) is 47.9 Å². The quantitative estimate of drug-likeness (QED) is 0.503. The fourth-order valence-corrected chi connectivity index (χ4v) is 4.65. The monoisotopic (exact) mass is 467 g/mol. The Morgan fingerprint density at radius 2 is 1.94 bits per heavy atom. The van der Waals surface area contributed by atoms with Gasteiger partial charge in [0.2, 0.25) is 5.95 Å². The number of aliphatic hydroxyl groups excluding tert-OH is 2. The molecule has 3 aromatic heterocycles. The van der Waals surface area contributed by atoms with Gasteiger partial charge in [0.1, 0.15) is 23.6 Å².